The molecule has 0 spiro atoms. The molecule has 0 aliphatic carbocycles. The summed E-state index contributed by atoms with van der Waals surface area (Å²) in [6.07, 6.45) is 2.02. The topological polar surface area (TPSA) is 66.5 Å². The number of hydrogen-bond donors (Lipinski definition) is 1. The number of rotatable bonds is 7. The number of amides is 1. The molecule has 0 aromatic heterocycles. The van der Waals surface area contributed by atoms with E-state index in [1.165, 1.54) is 11.6 Å². The Balaban J connectivity index is 2.21. The zero-order chi connectivity index (χ0) is 20.2. The van der Waals surface area contributed by atoms with E-state index in [9.17, 15) is 13.2 Å². The van der Waals surface area contributed by atoms with Crippen molar-refractivity contribution in [1.29, 1.82) is 0 Å². The van der Waals surface area contributed by atoms with Crippen molar-refractivity contribution in [3.05, 3.63) is 64.7 Å². The van der Waals surface area contributed by atoms with E-state index in [1.807, 2.05) is 31.2 Å². The smallest absolute Gasteiger partial charge is 0.244 e. The lowest BCUT2D eigenvalue weighted by atomic mass is 10.0. The van der Waals surface area contributed by atoms with E-state index in [0.717, 1.165) is 22.5 Å². The molecule has 1 N–H and O–H groups in total. The second-order valence-corrected chi connectivity index (χ2v) is 8.84. The van der Waals surface area contributed by atoms with Gasteiger partial charge in [-0.3, -0.25) is 9.10 Å². The van der Waals surface area contributed by atoms with Crippen molar-refractivity contribution >= 4 is 33.2 Å². The molecule has 0 aliphatic heterocycles. The Hall–Kier alpha value is -2.05. The van der Waals surface area contributed by atoms with Crippen molar-refractivity contribution in [2.45, 2.75) is 39.3 Å². The molecule has 0 saturated carbocycles. The molecule has 0 aliphatic rings. The van der Waals surface area contributed by atoms with Crippen LogP contribution in [0.25, 0.3) is 0 Å². The minimum atomic E-state index is -3.67. The molecule has 27 heavy (non-hydrogen) atoms. The fraction of sp³-hybridized carbons (Fsp3) is 0.350. The molecule has 146 valence electrons. The van der Waals surface area contributed by atoms with Crippen LogP contribution < -0.4 is 9.62 Å². The maximum Gasteiger partial charge on any atom is 0.244 e. The van der Waals surface area contributed by atoms with Gasteiger partial charge in [-0.05, 0) is 49.6 Å². The van der Waals surface area contributed by atoms with Gasteiger partial charge in [0.15, 0.2) is 0 Å². The van der Waals surface area contributed by atoms with Crippen LogP contribution in [0.3, 0.4) is 0 Å². The van der Waals surface area contributed by atoms with E-state index in [4.69, 9.17) is 11.6 Å². The van der Waals surface area contributed by atoms with E-state index in [-0.39, 0.29) is 11.9 Å². The second-order valence-electron chi connectivity index (χ2n) is 6.54. The van der Waals surface area contributed by atoms with Gasteiger partial charge in [-0.15, -0.1) is 0 Å². The molecule has 0 unspecified atom stereocenters. The number of aryl methyl sites for hydroxylation is 1. The molecule has 0 fully saturated rings. The molecule has 1 amide bonds. The van der Waals surface area contributed by atoms with Crippen molar-refractivity contribution in [2.75, 3.05) is 10.6 Å². The molecule has 0 bridgehead atoms. The Morgan fingerprint density at radius 2 is 1.78 bits per heavy atom. The van der Waals surface area contributed by atoms with Crippen molar-refractivity contribution in [3.8, 4) is 0 Å². The van der Waals surface area contributed by atoms with Crippen LogP contribution >= 0.6 is 11.6 Å². The number of anilines is 1. The van der Waals surface area contributed by atoms with Crippen LogP contribution in [-0.4, -0.2) is 26.6 Å². The van der Waals surface area contributed by atoms with Crippen molar-refractivity contribution in [3.63, 3.8) is 0 Å². The average Bonchev–Trinajstić information content (AvgIpc) is 2.60. The largest absolute Gasteiger partial charge is 0.348 e. The molecule has 0 heterocycles. The predicted octanol–water partition coefficient (Wildman–Crippen LogP) is 3.93. The highest BCUT2D eigenvalue weighted by molar-refractivity contribution is 7.92. The highest BCUT2D eigenvalue weighted by Gasteiger charge is 2.30. The highest BCUT2D eigenvalue weighted by atomic mass is 35.5. The summed E-state index contributed by atoms with van der Waals surface area (Å²) in [6, 6.07) is 13.3. The van der Waals surface area contributed by atoms with E-state index in [0.29, 0.717) is 10.7 Å². The quantitative estimate of drug-likeness (QED) is 0.754. The van der Waals surface area contributed by atoms with Crippen LogP contribution in [0, 0.1) is 0 Å². The molecular formula is C20H25ClN2O3S. The first-order valence-corrected chi connectivity index (χ1v) is 11.0. The van der Waals surface area contributed by atoms with Crippen LogP contribution in [0.5, 0.6) is 0 Å². The Labute approximate surface area is 166 Å². The first kappa shape index (κ1) is 21.3. The van der Waals surface area contributed by atoms with Gasteiger partial charge in [-0.2, -0.15) is 0 Å². The summed E-state index contributed by atoms with van der Waals surface area (Å²) in [5.41, 5.74) is 2.53. The maximum atomic E-state index is 12.7. The standard InChI is InChI=1S/C20H25ClN2O3S/c1-5-16-9-11-17(12-10-16)14(2)22-20(24)15(3)23(27(4,25)26)19-8-6-7-18(21)13-19/h6-15H,5H2,1-4H3,(H,22,24)/t14-,15-/m0/s1. The fourth-order valence-corrected chi connectivity index (χ4v) is 4.23. The SMILES string of the molecule is CCc1ccc([C@H](C)NC(=O)[C@H](C)N(c2cccc(Cl)c2)S(C)(=O)=O)cc1. The molecule has 0 saturated heterocycles. The molecule has 2 atom stereocenters. The summed E-state index contributed by atoms with van der Waals surface area (Å²) in [5, 5.41) is 3.29. The fourth-order valence-electron chi connectivity index (χ4n) is 2.88. The zero-order valence-corrected chi connectivity index (χ0v) is 17.5. The van der Waals surface area contributed by atoms with Gasteiger partial charge in [0, 0.05) is 5.02 Å². The van der Waals surface area contributed by atoms with Gasteiger partial charge in [0.1, 0.15) is 6.04 Å². The molecule has 2 aromatic rings. The van der Waals surface area contributed by atoms with Gasteiger partial charge in [0.25, 0.3) is 0 Å². The Morgan fingerprint density at radius 3 is 2.30 bits per heavy atom. The third-order valence-corrected chi connectivity index (χ3v) is 5.87. The third kappa shape index (κ3) is 5.47. The molecule has 2 aromatic carbocycles. The van der Waals surface area contributed by atoms with Gasteiger partial charge < -0.3 is 5.32 Å². The van der Waals surface area contributed by atoms with Crippen molar-refractivity contribution in [2.24, 2.45) is 0 Å². The summed E-state index contributed by atoms with van der Waals surface area (Å²) >= 11 is 5.99. The Kier molecular flexibility index (Phi) is 6.89. The van der Waals surface area contributed by atoms with Crippen LogP contribution in [0.2, 0.25) is 5.02 Å². The normalized spacial score (nSPS) is 13.7. The molecule has 0 radical (unpaired) electrons. The number of nitrogens with zero attached hydrogens (tertiary/aromatic N) is 1. The van der Waals surface area contributed by atoms with Gasteiger partial charge in [0.05, 0.1) is 18.0 Å². The monoisotopic (exact) mass is 408 g/mol. The average molecular weight is 409 g/mol. The number of hydrogen-bond acceptors (Lipinski definition) is 3. The molecular weight excluding hydrogens is 384 g/mol. The minimum Gasteiger partial charge on any atom is -0.348 e. The summed E-state index contributed by atoms with van der Waals surface area (Å²) in [6.45, 7) is 5.51. The van der Waals surface area contributed by atoms with Crippen LogP contribution in [-0.2, 0) is 21.2 Å². The Bertz CT molecular complexity index is 898. The lowest BCUT2D eigenvalue weighted by molar-refractivity contribution is -0.122. The minimum absolute atomic E-state index is 0.244. The number of carbonyl (C=O) groups excluding carboxylic acids is 1. The van der Waals surface area contributed by atoms with Crippen molar-refractivity contribution in [1.82, 2.24) is 5.32 Å². The van der Waals surface area contributed by atoms with Gasteiger partial charge >= 0.3 is 0 Å². The number of carbonyl (C=O) groups is 1. The Morgan fingerprint density at radius 1 is 1.15 bits per heavy atom. The summed E-state index contributed by atoms with van der Waals surface area (Å²) in [4.78, 5) is 12.7. The van der Waals surface area contributed by atoms with Crippen LogP contribution in [0.4, 0.5) is 5.69 Å². The molecule has 5 nitrogen and oxygen atoms in total. The van der Waals surface area contributed by atoms with E-state index in [2.05, 4.69) is 12.2 Å². The van der Waals surface area contributed by atoms with Crippen molar-refractivity contribution < 1.29 is 13.2 Å². The first-order valence-electron chi connectivity index (χ1n) is 8.77. The van der Waals surface area contributed by atoms with Gasteiger partial charge in [0.2, 0.25) is 15.9 Å². The molecule has 7 heteroatoms. The number of benzene rings is 2. The van der Waals surface area contributed by atoms with Crippen LogP contribution in [0.1, 0.15) is 37.9 Å². The maximum absolute atomic E-state index is 12.7. The van der Waals surface area contributed by atoms with E-state index < -0.39 is 16.1 Å². The van der Waals surface area contributed by atoms with Gasteiger partial charge in [-0.25, -0.2) is 8.42 Å². The summed E-state index contributed by atoms with van der Waals surface area (Å²) in [7, 11) is -3.67. The van der Waals surface area contributed by atoms with Crippen LogP contribution in [0.15, 0.2) is 48.5 Å². The molecule has 2 rings (SSSR count). The number of nitrogens with one attached hydrogen (secondary N) is 1. The summed E-state index contributed by atoms with van der Waals surface area (Å²) in [5.74, 6) is -0.382. The van der Waals surface area contributed by atoms with E-state index in [1.54, 1.807) is 25.1 Å². The van der Waals surface area contributed by atoms with Gasteiger partial charge in [-0.1, -0.05) is 48.9 Å². The zero-order valence-electron chi connectivity index (χ0n) is 15.9. The lowest BCUT2D eigenvalue weighted by Crippen LogP contribution is -2.48. The lowest BCUT2D eigenvalue weighted by Gasteiger charge is -2.29. The number of sulfonamides is 1. The first-order chi connectivity index (χ1) is 12.6. The predicted molar refractivity (Wildman–Crippen MR) is 111 cm³/mol. The highest BCUT2D eigenvalue weighted by Crippen LogP contribution is 2.24. The second kappa shape index (κ2) is 8.76. The van der Waals surface area contributed by atoms with E-state index >= 15 is 0 Å². The summed E-state index contributed by atoms with van der Waals surface area (Å²) < 4.78 is 25.7. The third-order valence-electron chi connectivity index (χ3n) is 4.40. The number of halogens is 1.